The number of nitrogens with zero attached hydrogens (tertiary/aromatic N) is 2. The van der Waals surface area contributed by atoms with Crippen LogP contribution in [0.4, 0.5) is 0 Å². The second kappa shape index (κ2) is 6.78. The summed E-state index contributed by atoms with van der Waals surface area (Å²) in [5.41, 5.74) is 0. The molecule has 1 saturated heterocycles. The van der Waals surface area contributed by atoms with Crippen molar-refractivity contribution < 1.29 is 37.7 Å². The van der Waals surface area contributed by atoms with E-state index >= 15 is 0 Å². The fourth-order valence-corrected chi connectivity index (χ4v) is 29.1. The van der Waals surface area contributed by atoms with Crippen LogP contribution < -0.4 is 47.0 Å². The summed E-state index contributed by atoms with van der Waals surface area (Å²) >= 11 is 0. The van der Waals surface area contributed by atoms with E-state index < -0.39 is 33.6 Å². The number of hydrogen-bond acceptors (Lipinski definition) is 2. The largest absolute Gasteiger partial charge is 1.00 e. The maximum absolute atomic E-state index is 5.16. The van der Waals surface area contributed by atoms with Gasteiger partial charge in [-0.1, -0.05) is 52.4 Å². The van der Waals surface area contributed by atoms with Crippen LogP contribution >= 0.6 is 0 Å². The van der Waals surface area contributed by atoms with E-state index in [2.05, 4.69) is 61.7 Å². The first kappa shape index (κ1) is 22.2. The fourth-order valence-electron chi connectivity index (χ4n) is 3.01. The van der Waals surface area contributed by atoms with Crippen LogP contribution in [-0.2, 0) is 0 Å². The number of hydrogen-bond donors (Lipinski definition) is 2. The molecule has 0 radical (unpaired) electrons. The van der Waals surface area contributed by atoms with E-state index in [1.807, 2.05) is 0 Å². The van der Waals surface area contributed by atoms with Crippen LogP contribution in [0.5, 0.6) is 0 Å². The Balaban J connectivity index is 0. The first-order chi connectivity index (χ1) is 6.83. The summed E-state index contributed by atoms with van der Waals surface area (Å²) < 4.78 is 18.0. The van der Waals surface area contributed by atoms with E-state index in [0.717, 1.165) is 0 Å². The predicted molar refractivity (Wildman–Crippen MR) is 82.9 cm³/mol. The van der Waals surface area contributed by atoms with Crippen LogP contribution in [0, 0.1) is 0 Å². The molecule has 0 aromatic carbocycles. The minimum Gasteiger partial charge on any atom is -0.644 e. The molecule has 0 aromatic heterocycles. The molecule has 1 fully saturated rings. The van der Waals surface area contributed by atoms with E-state index in [4.69, 9.17) is 9.30 Å². The maximum Gasteiger partial charge on any atom is 1.00 e. The number of rotatable bonds is 0. The summed E-state index contributed by atoms with van der Waals surface area (Å²) in [6, 6.07) is 0. The minimum atomic E-state index is -1.64. The molecule has 0 spiro atoms. The standard InChI is InChI=1S/C8H26N4Si4.2Li/c1-13(2)9-14(3,4)11-16(7,8)12-15(5,6)10-13;;/h9,12H,1-8H3;;/q-2;2*+1. The Labute approximate surface area is 141 Å². The van der Waals surface area contributed by atoms with Crippen LogP contribution in [-0.4, -0.2) is 33.6 Å². The Morgan fingerprint density at radius 1 is 0.500 bits per heavy atom. The average molecular weight is 305 g/mol. The zero-order valence-electron chi connectivity index (χ0n) is 13.9. The van der Waals surface area contributed by atoms with Crippen molar-refractivity contribution in [3.05, 3.63) is 9.30 Å². The molecule has 0 amide bonds. The topological polar surface area (TPSA) is 52.3 Å². The normalized spacial score (nSPS) is 28.0. The monoisotopic (exact) mass is 304 g/mol. The van der Waals surface area contributed by atoms with Gasteiger partial charge < -0.3 is 18.6 Å². The molecule has 1 aliphatic heterocycles. The molecule has 0 bridgehead atoms. The van der Waals surface area contributed by atoms with E-state index in [0.29, 0.717) is 0 Å². The van der Waals surface area contributed by atoms with Gasteiger partial charge in [-0.15, -0.1) is 0 Å². The maximum atomic E-state index is 5.16. The van der Waals surface area contributed by atoms with Crippen molar-refractivity contribution >= 4 is 33.6 Å². The molecule has 0 saturated carbocycles. The van der Waals surface area contributed by atoms with Gasteiger partial charge in [-0.05, 0) is 33.6 Å². The molecular weight excluding hydrogens is 278 g/mol. The SMILES string of the molecule is C[Si]1(C)[N-][Si](C)(C)N[Si](C)(C)[N-][Si](C)(C)N1.[Li+].[Li+]. The molecule has 2 N–H and O–H groups in total. The van der Waals surface area contributed by atoms with E-state index in [1.54, 1.807) is 0 Å². The molecule has 4 nitrogen and oxygen atoms in total. The second-order valence-corrected chi connectivity index (χ2v) is 23.0. The molecule has 10 heteroatoms. The number of nitrogens with one attached hydrogen (secondary N) is 2. The van der Waals surface area contributed by atoms with E-state index in [-0.39, 0.29) is 37.7 Å². The summed E-state index contributed by atoms with van der Waals surface area (Å²) in [5, 5.41) is 0. The molecule has 0 aliphatic carbocycles. The zero-order valence-corrected chi connectivity index (χ0v) is 17.9. The van der Waals surface area contributed by atoms with Crippen molar-refractivity contribution in [1.82, 2.24) is 9.30 Å². The van der Waals surface area contributed by atoms with Crippen molar-refractivity contribution in [2.24, 2.45) is 0 Å². The van der Waals surface area contributed by atoms with Crippen LogP contribution in [0.25, 0.3) is 9.30 Å². The van der Waals surface area contributed by atoms with Gasteiger partial charge in [0.05, 0.1) is 0 Å². The molecule has 96 valence electrons. The third kappa shape index (κ3) is 7.62. The van der Waals surface area contributed by atoms with Gasteiger partial charge in [-0.2, -0.15) is 0 Å². The van der Waals surface area contributed by atoms with Crippen molar-refractivity contribution in [3.8, 4) is 0 Å². The molecule has 0 aromatic rings. The van der Waals surface area contributed by atoms with Crippen molar-refractivity contribution in [2.75, 3.05) is 0 Å². The molecule has 1 heterocycles. The zero-order chi connectivity index (χ0) is 12.8. The Morgan fingerprint density at radius 2 is 0.667 bits per heavy atom. The van der Waals surface area contributed by atoms with Gasteiger partial charge in [0.25, 0.3) is 0 Å². The van der Waals surface area contributed by atoms with Gasteiger partial charge in [0.2, 0.25) is 0 Å². The van der Waals surface area contributed by atoms with Gasteiger partial charge in [-0.3, -0.25) is 0 Å². The van der Waals surface area contributed by atoms with Gasteiger partial charge in [0.15, 0.2) is 0 Å². The van der Waals surface area contributed by atoms with Gasteiger partial charge in [0, 0.05) is 0 Å². The summed E-state index contributed by atoms with van der Waals surface area (Å²) in [4.78, 5) is 0. The Morgan fingerprint density at radius 3 is 0.833 bits per heavy atom. The van der Waals surface area contributed by atoms with Crippen LogP contribution in [0.2, 0.25) is 52.4 Å². The Bertz CT molecular complexity index is 214. The summed E-state index contributed by atoms with van der Waals surface area (Å²) in [6.07, 6.45) is 0. The first-order valence-electron chi connectivity index (χ1n) is 5.89. The van der Waals surface area contributed by atoms with Crippen molar-refractivity contribution in [1.29, 1.82) is 0 Å². The predicted octanol–water partition coefficient (Wildman–Crippen LogP) is -3.26. The van der Waals surface area contributed by atoms with Gasteiger partial charge in [0.1, 0.15) is 0 Å². The molecule has 18 heavy (non-hydrogen) atoms. The second-order valence-electron chi connectivity index (χ2n) is 6.71. The fraction of sp³-hybridized carbons (Fsp3) is 1.00. The summed E-state index contributed by atoms with van der Waals surface area (Å²) in [6.45, 7) is 18.4. The summed E-state index contributed by atoms with van der Waals surface area (Å²) in [5.74, 6) is 0. The van der Waals surface area contributed by atoms with Crippen molar-refractivity contribution in [2.45, 2.75) is 52.4 Å². The first-order valence-corrected chi connectivity index (χ1v) is 17.7. The molecule has 1 aliphatic rings. The van der Waals surface area contributed by atoms with Gasteiger partial charge in [-0.25, -0.2) is 0 Å². The molecule has 1 rings (SSSR count). The van der Waals surface area contributed by atoms with E-state index in [9.17, 15) is 0 Å². The minimum absolute atomic E-state index is 0. The average Bonchev–Trinajstić information content (AvgIpc) is 1.67. The smallest absolute Gasteiger partial charge is 0.644 e. The third-order valence-electron chi connectivity index (χ3n) is 2.34. The molecule has 0 atom stereocenters. The van der Waals surface area contributed by atoms with E-state index in [1.165, 1.54) is 0 Å². The Kier molecular flexibility index (Phi) is 8.35. The molecular formula is C8H26Li2N4Si4. The van der Waals surface area contributed by atoms with Crippen molar-refractivity contribution in [3.63, 3.8) is 0 Å². The van der Waals surface area contributed by atoms with Crippen LogP contribution in [0.3, 0.4) is 0 Å². The van der Waals surface area contributed by atoms with Crippen LogP contribution in [0.15, 0.2) is 0 Å². The third-order valence-corrected chi connectivity index (χ3v) is 21.1. The Hall–Kier alpha value is 1.90. The van der Waals surface area contributed by atoms with Crippen LogP contribution in [0.1, 0.15) is 0 Å². The van der Waals surface area contributed by atoms with Gasteiger partial charge >= 0.3 is 37.7 Å². The molecule has 0 unspecified atom stereocenters. The quantitative estimate of drug-likeness (QED) is 0.462. The summed E-state index contributed by atoms with van der Waals surface area (Å²) in [7, 11) is -6.57.